The number of unbranched alkanes of at least 4 members (excludes halogenated alkanes) is 2. The zero-order valence-electron chi connectivity index (χ0n) is 20.2. The number of amides is 1. The van der Waals surface area contributed by atoms with E-state index >= 15 is 0 Å². The molecule has 182 valence electrons. The average Bonchev–Trinajstić information content (AvgIpc) is 3.21. The number of hydrogen-bond donors (Lipinski definition) is 1. The van der Waals surface area contributed by atoms with Gasteiger partial charge in [-0.25, -0.2) is 9.37 Å². The van der Waals surface area contributed by atoms with Crippen molar-refractivity contribution in [2.45, 2.75) is 45.6 Å². The number of halogens is 1. The topological polar surface area (TPSA) is 56.1 Å². The third-order valence-electron chi connectivity index (χ3n) is 6.00. The molecule has 4 aromatic rings. The number of aromatic nitrogens is 2. The smallest absolute Gasteiger partial charge is 0.254 e. The van der Waals surface area contributed by atoms with Crippen LogP contribution in [0, 0.1) is 12.7 Å². The lowest BCUT2D eigenvalue weighted by Gasteiger charge is -2.11. The van der Waals surface area contributed by atoms with Crippen molar-refractivity contribution < 1.29 is 13.9 Å². The molecule has 0 aliphatic carbocycles. The standard InChI is InChI=1S/C29H32FN3O2/c1-22-11-9-12-23(21-22)35-20-10-19-33-27-16-7-6-15-26(27)32-28(33)17-3-2-8-18-31-29(34)24-13-4-5-14-25(24)30/h4-7,9,11-16,21H,2-3,8,10,17-20H2,1H3,(H,31,34). The Hall–Kier alpha value is -3.67. The van der Waals surface area contributed by atoms with E-state index in [4.69, 9.17) is 9.72 Å². The molecule has 0 atom stereocenters. The fourth-order valence-corrected chi connectivity index (χ4v) is 4.21. The predicted octanol–water partition coefficient (Wildman–Crippen LogP) is 6.10. The van der Waals surface area contributed by atoms with E-state index in [0.29, 0.717) is 13.2 Å². The van der Waals surface area contributed by atoms with Gasteiger partial charge in [-0.1, -0.05) is 42.8 Å². The average molecular weight is 474 g/mol. The molecule has 35 heavy (non-hydrogen) atoms. The zero-order chi connectivity index (χ0) is 24.5. The number of benzene rings is 3. The van der Waals surface area contributed by atoms with E-state index in [1.54, 1.807) is 12.1 Å². The van der Waals surface area contributed by atoms with Crippen LogP contribution in [0.5, 0.6) is 5.75 Å². The monoisotopic (exact) mass is 473 g/mol. The Morgan fingerprint density at radius 2 is 1.80 bits per heavy atom. The highest BCUT2D eigenvalue weighted by Gasteiger charge is 2.11. The van der Waals surface area contributed by atoms with E-state index in [9.17, 15) is 9.18 Å². The molecule has 0 fully saturated rings. The lowest BCUT2D eigenvalue weighted by atomic mass is 10.1. The molecule has 1 N–H and O–H groups in total. The first kappa shape index (κ1) is 24.5. The van der Waals surface area contributed by atoms with Gasteiger partial charge >= 0.3 is 0 Å². The number of aryl methyl sites for hydroxylation is 3. The van der Waals surface area contributed by atoms with Crippen molar-refractivity contribution in [2.24, 2.45) is 0 Å². The van der Waals surface area contributed by atoms with Crippen LogP contribution in [0.4, 0.5) is 4.39 Å². The molecule has 0 saturated carbocycles. The van der Waals surface area contributed by atoms with Gasteiger partial charge in [0.2, 0.25) is 0 Å². The van der Waals surface area contributed by atoms with E-state index in [1.165, 1.54) is 17.7 Å². The van der Waals surface area contributed by atoms with Gasteiger partial charge in [0, 0.05) is 19.5 Å². The molecule has 6 heteroatoms. The van der Waals surface area contributed by atoms with Gasteiger partial charge in [0.1, 0.15) is 17.4 Å². The predicted molar refractivity (Wildman–Crippen MR) is 137 cm³/mol. The van der Waals surface area contributed by atoms with Crippen LogP contribution in [0.2, 0.25) is 0 Å². The van der Waals surface area contributed by atoms with Gasteiger partial charge in [-0.3, -0.25) is 4.79 Å². The minimum atomic E-state index is -0.492. The Bertz CT molecular complexity index is 1270. The van der Waals surface area contributed by atoms with Crippen molar-refractivity contribution in [1.29, 1.82) is 0 Å². The van der Waals surface area contributed by atoms with Crippen LogP contribution >= 0.6 is 0 Å². The first-order valence-electron chi connectivity index (χ1n) is 12.3. The summed E-state index contributed by atoms with van der Waals surface area (Å²) in [7, 11) is 0. The molecule has 0 unspecified atom stereocenters. The quantitative estimate of drug-likeness (QED) is 0.253. The fourth-order valence-electron chi connectivity index (χ4n) is 4.21. The molecule has 0 radical (unpaired) electrons. The highest BCUT2D eigenvalue weighted by atomic mass is 19.1. The van der Waals surface area contributed by atoms with Crippen LogP contribution in [-0.4, -0.2) is 28.6 Å². The van der Waals surface area contributed by atoms with Crippen LogP contribution in [0.15, 0.2) is 72.8 Å². The summed E-state index contributed by atoms with van der Waals surface area (Å²) >= 11 is 0. The van der Waals surface area contributed by atoms with Crippen LogP contribution in [0.3, 0.4) is 0 Å². The first-order valence-corrected chi connectivity index (χ1v) is 12.3. The third-order valence-corrected chi connectivity index (χ3v) is 6.00. The minimum absolute atomic E-state index is 0.0904. The molecule has 0 aliphatic rings. The van der Waals surface area contributed by atoms with Crippen LogP contribution in [-0.2, 0) is 13.0 Å². The summed E-state index contributed by atoms with van der Waals surface area (Å²) in [4.78, 5) is 17.0. The van der Waals surface area contributed by atoms with Gasteiger partial charge in [0.05, 0.1) is 23.2 Å². The molecule has 1 amide bonds. The van der Waals surface area contributed by atoms with E-state index in [2.05, 4.69) is 41.1 Å². The summed E-state index contributed by atoms with van der Waals surface area (Å²) in [6.07, 6.45) is 4.53. The maximum absolute atomic E-state index is 13.7. The van der Waals surface area contributed by atoms with Gasteiger partial charge < -0.3 is 14.6 Å². The highest BCUT2D eigenvalue weighted by molar-refractivity contribution is 5.94. The molecule has 0 bridgehead atoms. The second-order valence-corrected chi connectivity index (χ2v) is 8.73. The molecule has 0 aliphatic heterocycles. The van der Waals surface area contributed by atoms with Gasteiger partial charge in [-0.15, -0.1) is 0 Å². The van der Waals surface area contributed by atoms with E-state index in [0.717, 1.165) is 61.3 Å². The van der Waals surface area contributed by atoms with Crippen molar-refractivity contribution in [3.8, 4) is 5.75 Å². The number of carbonyl (C=O) groups excluding carboxylic acids is 1. The van der Waals surface area contributed by atoms with Gasteiger partial charge in [0.25, 0.3) is 5.91 Å². The molecule has 3 aromatic carbocycles. The number of rotatable bonds is 12. The van der Waals surface area contributed by atoms with Crippen molar-refractivity contribution in [2.75, 3.05) is 13.2 Å². The summed E-state index contributed by atoms with van der Waals surface area (Å²) in [6.45, 7) is 4.09. The van der Waals surface area contributed by atoms with Gasteiger partial charge in [0.15, 0.2) is 0 Å². The molecule has 0 saturated heterocycles. The number of nitrogens with zero attached hydrogens (tertiary/aromatic N) is 2. The number of ether oxygens (including phenoxy) is 1. The van der Waals surface area contributed by atoms with E-state index in [1.807, 2.05) is 24.3 Å². The number of hydrogen-bond acceptors (Lipinski definition) is 3. The third kappa shape index (κ3) is 6.69. The second kappa shape index (κ2) is 12.2. The number of carbonyl (C=O) groups is 1. The Labute approximate surface area is 206 Å². The van der Waals surface area contributed by atoms with Crippen molar-refractivity contribution in [3.05, 3.63) is 95.6 Å². The van der Waals surface area contributed by atoms with Crippen molar-refractivity contribution in [1.82, 2.24) is 14.9 Å². The van der Waals surface area contributed by atoms with Crippen molar-refractivity contribution in [3.63, 3.8) is 0 Å². The van der Waals surface area contributed by atoms with Crippen LogP contribution < -0.4 is 10.1 Å². The molecule has 0 spiro atoms. The molecular weight excluding hydrogens is 441 g/mol. The summed E-state index contributed by atoms with van der Waals surface area (Å²) in [5.41, 5.74) is 3.44. The summed E-state index contributed by atoms with van der Waals surface area (Å²) in [5, 5.41) is 2.81. The number of fused-ring (bicyclic) bond motifs is 1. The van der Waals surface area contributed by atoms with Crippen LogP contribution in [0.1, 0.15) is 47.4 Å². The maximum Gasteiger partial charge on any atom is 0.254 e. The van der Waals surface area contributed by atoms with Gasteiger partial charge in [-0.2, -0.15) is 0 Å². The molecule has 4 rings (SSSR count). The Balaban J connectivity index is 1.25. The lowest BCUT2D eigenvalue weighted by Crippen LogP contribution is -2.25. The van der Waals surface area contributed by atoms with Gasteiger partial charge in [-0.05, 0) is 68.1 Å². The Morgan fingerprint density at radius 1 is 0.971 bits per heavy atom. The minimum Gasteiger partial charge on any atom is -0.494 e. The second-order valence-electron chi connectivity index (χ2n) is 8.73. The number of nitrogens with one attached hydrogen (secondary N) is 1. The number of imidazole rings is 1. The SMILES string of the molecule is Cc1cccc(OCCCn2c(CCCCCNC(=O)c3ccccc3F)nc3ccccc32)c1. The highest BCUT2D eigenvalue weighted by Crippen LogP contribution is 2.19. The van der Waals surface area contributed by atoms with E-state index < -0.39 is 5.82 Å². The van der Waals surface area contributed by atoms with E-state index in [-0.39, 0.29) is 11.5 Å². The molecule has 1 heterocycles. The van der Waals surface area contributed by atoms with Crippen molar-refractivity contribution >= 4 is 16.9 Å². The fraction of sp³-hybridized carbons (Fsp3) is 0.310. The maximum atomic E-state index is 13.7. The number of para-hydroxylation sites is 2. The normalized spacial score (nSPS) is 11.0. The summed E-state index contributed by atoms with van der Waals surface area (Å²) in [5.74, 6) is 1.13. The van der Waals surface area contributed by atoms with Crippen LogP contribution in [0.25, 0.3) is 11.0 Å². The molecule has 1 aromatic heterocycles. The Morgan fingerprint density at radius 3 is 2.66 bits per heavy atom. The first-order chi connectivity index (χ1) is 17.1. The largest absolute Gasteiger partial charge is 0.494 e. The Kier molecular flexibility index (Phi) is 8.49. The molecule has 5 nitrogen and oxygen atoms in total. The lowest BCUT2D eigenvalue weighted by molar-refractivity contribution is 0.0949. The zero-order valence-corrected chi connectivity index (χ0v) is 20.2. The summed E-state index contributed by atoms with van der Waals surface area (Å²) in [6, 6.07) is 22.4. The summed E-state index contributed by atoms with van der Waals surface area (Å²) < 4.78 is 21.9. The molecular formula is C29H32FN3O2.